The van der Waals surface area contributed by atoms with E-state index in [1.165, 1.54) is 5.56 Å². The lowest BCUT2D eigenvalue weighted by Crippen LogP contribution is -2.33. The van der Waals surface area contributed by atoms with Crippen LogP contribution in [-0.2, 0) is 19.4 Å². The van der Waals surface area contributed by atoms with E-state index in [9.17, 15) is 4.79 Å². The fourth-order valence-corrected chi connectivity index (χ4v) is 4.34. The summed E-state index contributed by atoms with van der Waals surface area (Å²) >= 11 is 1.65. The number of nitrogens with zero attached hydrogens (tertiary/aromatic N) is 3. The molecule has 5 heteroatoms. The minimum atomic E-state index is 0.100. The van der Waals surface area contributed by atoms with Crippen molar-refractivity contribution in [1.29, 1.82) is 0 Å². The Morgan fingerprint density at radius 3 is 3.00 bits per heavy atom. The normalized spacial score (nSPS) is 16.3. The SMILES string of the molecule is Cc1ccc2sc(Cn3cnc4c(c3=O)CC(C)(C)CC4)nc2c1. The first-order valence-corrected chi connectivity index (χ1v) is 9.16. The molecule has 0 unspecified atom stereocenters. The van der Waals surface area contributed by atoms with Crippen LogP contribution in [0.2, 0.25) is 0 Å². The number of benzene rings is 1. The molecule has 0 N–H and O–H groups in total. The monoisotopic (exact) mass is 339 g/mol. The highest BCUT2D eigenvalue weighted by Gasteiger charge is 2.28. The first-order chi connectivity index (χ1) is 11.4. The zero-order valence-corrected chi connectivity index (χ0v) is 15.1. The van der Waals surface area contributed by atoms with Crippen LogP contribution in [0.1, 0.15) is 42.1 Å². The van der Waals surface area contributed by atoms with E-state index >= 15 is 0 Å². The fraction of sp³-hybridized carbons (Fsp3) is 0.421. The maximum Gasteiger partial charge on any atom is 0.257 e. The second kappa shape index (κ2) is 5.52. The van der Waals surface area contributed by atoms with E-state index in [4.69, 9.17) is 0 Å². The number of thiazole rings is 1. The standard InChI is InChI=1S/C19H21N3OS/c1-12-4-5-16-15(8-12)21-17(24-16)10-22-11-20-14-6-7-19(2,3)9-13(14)18(22)23/h4-5,8,11H,6-7,9-10H2,1-3H3. The van der Waals surface area contributed by atoms with Crippen LogP contribution in [0, 0.1) is 12.3 Å². The summed E-state index contributed by atoms with van der Waals surface area (Å²) in [7, 11) is 0. The molecule has 0 saturated heterocycles. The van der Waals surface area contributed by atoms with E-state index in [0.717, 1.165) is 45.7 Å². The summed E-state index contributed by atoms with van der Waals surface area (Å²) in [5.41, 5.74) is 4.37. The van der Waals surface area contributed by atoms with E-state index in [0.29, 0.717) is 6.54 Å². The van der Waals surface area contributed by atoms with Crippen molar-refractivity contribution < 1.29 is 0 Å². The Balaban J connectivity index is 1.70. The number of aryl methyl sites for hydroxylation is 2. The smallest absolute Gasteiger partial charge is 0.257 e. The molecule has 0 fully saturated rings. The topological polar surface area (TPSA) is 47.8 Å². The maximum absolute atomic E-state index is 12.9. The van der Waals surface area contributed by atoms with E-state index in [1.54, 1.807) is 22.2 Å². The van der Waals surface area contributed by atoms with Crippen molar-refractivity contribution >= 4 is 21.6 Å². The molecule has 4 nitrogen and oxygen atoms in total. The zero-order chi connectivity index (χ0) is 16.9. The molecule has 0 amide bonds. The third-order valence-corrected chi connectivity index (χ3v) is 5.83. The van der Waals surface area contributed by atoms with Crippen LogP contribution in [0.4, 0.5) is 0 Å². The van der Waals surface area contributed by atoms with E-state index in [2.05, 4.69) is 48.9 Å². The summed E-state index contributed by atoms with van der Waals surface area (Å²) < 4.78 is 2.88. The van der Waals surface area contributed by atoms with Crippen LogP contribution in [-0.4, -0.2) is 14.5 Å². The van der Waals surface area contributed by atoms with Crippen LogP contribution >= 0.6 is 11.3 Å². The quantitative estimate of drug-likeness (QED) is 0.715. The van der Waals surface area contributed by atoms with Gasteiger partial charge in [-0.2, -0.15) is 0 Å². The summed E-state index contributed by atoms with van der Waals surface area (Å²) in [6, 6.07) is 6.28. The Hall–Kier alpha value is -2.01. The van der Waals surface area contributed by atoms with Gasteiger partial charge in [0.05, 0.1) is 28.8 Å². The molecule has 1 aliphatic rings. The average molecular weight is 339 g/mol. The number of aromatic nitrogens is 3. The Morgan fingerprint density at radius 2 is 2.17 bits per heavy atom. The van der Waals surface area contributed by atoms with Gasteiger partial charge in [-0.15, -0.1) is 11.3 Å². The second-order valence-electron chi connectivity index (χ2n) is 7.52. The fourth-order valence-electron chi connectivity index (χ4n) is 3.39. The molecule has 1 aliphatic carbocycles. The van der Waals surface area contributed by atoms with Gasteiger partial charge in [0.15, 0.2) is 0 Å². The van der Waals surface area contributed by atoms with Crippen LogP contribution in [0.15, 0.2) is 29.3 Å². The lowest BCUT2D eigenvalue weighted by Gasteiger charge is -2.30. The minimum absolute atomic E-state index is 0.100. The van der Waals surface area contributed by atoms with Crippen molar-refractivity contribution in [3.8, 4) is 0 Å². The lowest BCUT2D eigenvalue weighted by molar-refractivity contribution is 0.308. The van der Waals surface area contributed by atoms with Gasteiger partial charge in [0, 0.05) is 5.56 Å². The third kappa shape index (κ3) is 2.77. The van der Waals surface area contributed by atoms with Gasteiger partial charge in [-0.05, 0) is 49.3 Å². The highest BCUT2D eigenvalue weighted by atomic mass is 32.1. The molecule has 24 heavy (non-hydrogen) atoms. The predicted octanol–water partition coefficient (Wildman–Crippen LogP) is 3.72. The number of rotatable bonds is 2. The van der Waals surface area contributed by atoms with Gasteiger partial charge < -0.3 is 0 Å². The van der Waals surface area contributed by atoms with Gasteiger partial charge in [0.25, 0.3) is 5.56 Å². The Bertz CT molecular complexity index is 984. The highest BCUT2D eigenvalue weighted by molar-refractivity contribution is 7.18. The van der Waals surface area contributed by atoms with Crippen LogP contribution in [0.5, 0.6) is 0 Å². The summed E-state index contributed by atoms with van der Waals surface area (Å²) in [4.78, 5) is 22.1. The molecule has 124 valence electrons. The van der Waals surface area contributed by atoms with Gasteiger partial charge in [0.2, 0.25) is 0 Å². The third-order valence-electron chi connectivity index (χ3n) is 4.81. The molecule has 2 heterocycles. The van der Waals surface area contributed by atoms with Gasteiger partial charge in [-0.25, -0.2) is 9.97 Å². The minimum Gasteiger partial charge on any atom is -0.292 e. The maximum atomic E-state index is 12.9. The van der Waals surface area contributed by atoms with Gasteiger partial charge in [-0.3, -0.25) is 9.36 Å². The molecule has 0 atom stereocenters. The van der Waals surface area contributed by atoms with Crippen molar-refractivity contribution in [3.05, 3.63) is 56.7 Å². The Labute approximate surface area is 145 Å². The summed E-state index contributed by atoms with van der Waals surface area (Å²) in [5.74, 6) is 0. The average Bonchev–Trinajstić information content (AvgIpc) is 2.91. The Morgan fingerprint density at radius 1 is 1.33 bits per heavy atom. The molecule has 3 aromatic rings. The molecule has 0 bridgehead atoms. The van der Waals surface area contributed by atoms with Crippen LogP contribution in [0.25, 0.3) is 10.2 Å². The highest BCUT2D eigenvalue weighted by Crippen LogP contribution is 2.32. The number of hydrogen-bond acceptors (Lipinski definition) is 4. The largest absolute Gasteiger partial charge is 0.292 e. The van der Waals surface area contributed by atoms with E-state index in [1.807, 2.05) is 0 Å². The number of hydrogen-bond donors (Lipinski definition) is 0. The summed E-state index contributed by atoms with van der Waals surface area (Å²) in [6.45, 7) is 7.02. The molecule has 1 aromatic carbocycles. The molecule has 0 aliphatic heterocycles. The van der Waals surface area contributed by atoms with E-state index < -0.39 is 0 Å². The molecule has 2 aromatic heterocycles. The molecule has 0 saturated carbocycles. The molecular formula is C19H21N3OS. The van der Waals surface area contributed by atoms with Crippen molar-refractivity contribution in [2.24, 2.45) is 5.41 Å². The molecular weight excluding hydrogens is 318 g/mol. The predicted molar refractivity (Wildman–Crippen MR) is 97.8 cm³/mol. The van der Waals surface area contributed by atoms with Crippen molar-refractivity contribution in [1.82, 2.24) is 14.5 Å². The van der Waals surface area contributed by atoms with Crippen molar-refractivity contribution in [2.75, 3.05) is 0 Å². The lowest BCUT2D eigenvalue weighted by atomic mass is 9.76. The molecule has 4 rings (SSSR count). The first kappa shape index (κ1) is 15.5. The van der Waals surface area contributed by atoms with Crippen LogP contribution < -0.4 is 5.56 Å². The van der Waals surface area contributed by atoms with Crippen LogP contribution in [0.3, 0.4) is 0 Å². The first-order valence-electron chi connectivity index (χ1n) is 8.35. The zero-order valence-electron chi connectivity index (χ0n) is 14.3. The van der Waals surface area contributed by atoms with Crippen molar-refractivity contribution in [3.63, 3.8) is 0 Å². The van der Waals surface area contributed by atoms with E-state index in [-0.39, 0.29) is 11.0 Å². The number of fused-ring (bicyclic) bond motifs is 2. The van der Waals surface area contributed by atoms with Gasteiger partial charge in [-0.1, -0.05) is 19.9 Å². The second-order valence-corrected chi connectivity index (χ2v) is 8.64. The van der Waals surface area contributed by atoms with Crippen molar-refractivity contribution in [2.45, 2.75) is 46.6 Å². The Kier molecular flexibility index (Phi) is 3.57. The summed E-state index contributed by atoms with van der Waals surface area (Å²) in [6.07, 6.45) is 4.50. The molecule has 0 radical (unpaired) electrons. The summed E-state index contributed by atoms with van der Waals surface area (Å²) in [5, 5.41) is 0.953. The van der Waals surface area contributed by atoms with Gasteiger partial charge in [0.1, 0.15) is 5.01 Å². The molecule has 0 spiro atoms. The van der Waals surface area contributed by atoms with Gasteiger partial charge >= 0.3 is 0 Å².